The first-order chi connectivity index (χ1) is 11.3. The molecule has 1 amide bonds. The van der Waals surface area contributed by atoms with E-state index in [1.165, 1.54) is 6.07 Å². The van der Waals surface area contributed by atoms with Crippen molar-refractivity contribution in [2.75, 3.05) is 15.8 Å². The Morgan fingerprint density at radius 2 is 2.04 bits per heavy atom. The molecule has 1 aliphatic rings. The van der Waals surface area contributed by atoms with E-state index in [0.29, 0.717) is 17.1 Å². The SMILES string of the molecule is C[C@@H]1CSc2ccc(S(=O)(=O)Nc3cccc(Br)c3)cc2NC1=O. The Balaban J connectivity index is 1.92. The lowest BCUT2D eigenvalue weighted by molar-refractivity contribution is -0.118. The topological polar surface area (TPSA) is 75.3 Å². The van der Waals surface area contributed by atoms with Gasteiger partial charge in [0.25, 0.3) is 10.0 Å². The van der Waals surface area contributed by atoms with Crippen molar-refractivity contribution in [2.45, 2.75) is 16.7 Å². The molecule has 0 fully saturated rings. The van der Waals surface area contributed by atoms with Crippen molar-refractivity contribution < 1.29 is 13.2 Å². The first-order valence-electron chi connectivity index (χ1n) is 7.21. The lowest BCUT2D eigenvalue weighted by atomic mass is 10.2. The molecule has 24 heavy (non-hydrogen) atoms. The summed E-state index contributed by atoms with van der Waals surface area (Å²) < 4.78 is 28.5. The maximum Gasteiger partial charge on any atom is 0.261 e. The molecule has 5 nitrogen and oxygen atoms in total. The van der Waals surface area contributed by atoms with Gasteiger partial charge < -0.3 is 5.32 Å². The zero-order chi connectivity index (χ0) is 17.3. The van der Waals surface area contributed by atoms with E-state index < -0.39 is 10.0 Å². The van der Waals surface area contributed by atoms with Gasteiger partial charge >= 0.3 is 0 Å². The second-order valence-electron chi connectivity index (χ2n) is 5.48. The predicted molar refractivity (Wildman–Crippen MR) is 99.9 cm³/mol. The second kappa shape index (κ2) is 6.78. The second-order valence-corrected chi connectivity index (χ2v) is 9.14. The van der Waals surface area contributed by atoms with Crippen LogP contribution in [0.4, 0.5) is 11.4 Å². The van der Waals surface area contributed by atoms with Crippen molar-refractivity contribution in [1.29, 1.82) is 0 Å². The fraction of sp³-hybridized carbons (Fsp3) is 0.188. The smallest absolute Gasteiger partial charge is 0.261 e. The maximum absolute atomic E-state index is 12.6. The molecule has 2 aromatic carbocycles. The lowest BCUT2D eigenvalue weighted by Crippen LogP contribution is -2.20. The fourth-order valence-electron chi connectivity index (χ4n) is 2.21. The van der Waals surface area contributed by atoms with E-state index in [2.05, 4.69) is 26.0 Å². The standard InChI is InChI=1S/C16H15BrN2O3S2/c1-10-9-23-15-6-5-13(8-14(15)18-16(10)20)24(21,22)19-12-4-2-3-11(17)7-12/h2-8,10,19H,9H2,1H3,(H,18,20)/t10-/m1/s1. The molecule has 2 N–H and O–H groups in total. The molecule has 1 atom stereocenters. The highest BCUT2D eigenvalue weighted by atomic mass is 79.9. The number of amides is 1. The Morgan fingerprint density at radius 1 is 1.25 bits per heavy atom. The van der Waals surface area contributed by atoms with Crippen LogP contribution in [0.25, 0.3) is 0 Å². The summed E-state index contributed by atoms with van der Waals surface area (Å²) in [5.74, 6) is 0.444. The lowest BCUT2D eigenvalue weighted by Gasteiger charge is -2.12. The summed E-state index contributed by atoms with van der Waals surface area (Å²) in [7, 11) is -3.74. The summed E-state index contributed by atoms with van der Waals surface area (Å²) in [6.07, 6.45) is 0. The van der Waals surface area contributed by atoms with Gasteiger partial charge in [-0.3, -0.25) is 9.52 Å². The first-order valence-corrected chi connectivity index (χ1v) is 10.5. The number of thioether (sulfide) groups is 1. The van der Waals surface area contributed by atoms with Gasteiger partial charge in [0.05, 0.1) is 10.6 Å². The summed E-state index contributed by atoms with van der Waals surface area (Å²) in [5, 5.41) is 2.80. The van der Waals surface area contributed by atoms with Crippen LogP contribution in [0, 0.1) is 5.92 Å². The number of benzene rings is 2. The van der Waals surface area contributed by atoms with E-state index in [0.717, 1.165) is 9.37 Å². The summed E-state index contributed by atoms with van der Waals surface area (Å²) >= 11 is 4.85. The van der Waals surface area contributed by atoms with Crippen LogP contribution in [-0.4, -0.2) is 20.1 Å². The monoisotopic (exact) mass is 426 g/mol. The van der Waals surface area contributed by atoms with Gasteiger partial charge in [0.2, 0.25) is 5.91 Å². The highest BCUT2D eigenvalue weighted by Crippen LogP contribution is 2.34. The number of fused-ring (bicyclic) bond motifs is 1. The van der Waals surface area contributed by atoms with Gasteiger partial charge in [-0.2, -0.15) is 0 Å². The average molecular weight is 427 g/mol. The minimum Gasteiger partial charge on any atom is -0.325 e. The molecule has 0 saturated carbocycles. The van der Waals surface area contributed by atoms with Crippen LogP contribution in [0.2, 0.25) is 0 Å². The molecule has 0 saturated heterocycles. The Bertz CT molecular complexity index is 900. The highest BCUT2D eigenvalue weighted by molar-refractivity contribution is 9.10. The van der Waals surface area contributed by atoms with Gasteiger partial charge in [-0.25, -0.2) is 8.42 Å². The number of rotatable bonds is 3. The number of hydrogen-bond acceptors (Lipinski definition) is 4. The quantitative estimate of drug-likeness (QED) is 0.779. The van der Waals surface area contributed by atoms with E-state index in [-0.39, 0.29) is 16.7 Å². The van der Waals surface area contributed by atoms with Crippen LogP contribution < -0.4 is 10.0 Å². The zero-order valence-electron chi connectivity index (χ0n) is 12.7. The van der Waals surface area contributed by atoms with E-state index in [4.69, 9.17) is 0 Å². The molecule has 0 spiro atoms. The minimum absolute atomic E-state index is 0.101. The average Bonchev–Trinajstić information content (AvgIpc) is 2.66. The van der Waals surface area contributed by atoms with Crippen LogP contribution in [0.5, 0.6) is 0 Å². The highest BCUT2D eigenvalue weighted by Gasteiger charge is 2.23. The van der Waals surface area contributed by atoms with E-state index in [9.17, 15) is 13.2 Å². The maximum atomic E-state index is 12.6. The van der Waals surface area contributed by atoms with Crippen molar-refractivity contribution in [1.82, 2.24) is 0 Å². The summed E-state index contributed by atoms with van der Waals surface area (Å²) in [6.45, 7) is 1.85. The molecule has 0 aliphatic carbocycles. The van der Waals surface area contributed by atoms with E-state index in [1.54, 1.807) is 42.1 Å². The molecule has 3 rings (SSSR count). The van der Waals surface area contributed by atoms with Crippen LogP contribution in [0.3, 0.4) is 0 Å². The minimum atomic E-state index is -3.74. The molecule has 0 aromatic heterocycles. The molecule has 1 heterocycles. The molecular formula is C16H15BrN2O3S2. The number of nitrogens with one attached hydrogen (secondary N) is 2. The molecule has 126 valence electrons. The molecular weight excluding hydrogens is 412 g/mol. The number of sulfonamides is 1. The van der Waals surface area contributed by atoms with Crippen molar-refractivity contribution in [3.05, 3.63) is 46.9 Å². The van der Waals surface area contributed by atoms with E-state index >= 15 is 0 Å². The van der Waals surface area contributed by atoms with Gasteiger partial charge in [-0.05, 0) is 36.4 Å². The Kier molecular flexibility index (Phi) is 4.89. The number of halogens is 1. The third-order valence-electron chi connectivity index (χ3n) is 3.53. The zero-order valence-corrected chi connectivity index (χ0v) is 16.0. The third-order valence-corrected chi connectivity index (χ3v) is 6.74. The Hall–Kier alpha value is -1.51. The number of carbonyl (C=O) groups is 1. The summed E-state index contributed by atoms with van der Waals surface area (Å²) in [6, 6.07) is 11.7. The van der Waals surface area contributed by atoms with Crippen molar-refractivity contribution in [3.8, 4) is 0 Å². The number of anilines is 2. The molecule has 2 aromatic rings. The molecule has 0 unspecified atom stereocenters. The summed E-state index contributed by atoms with van der Waals surface area (Å²) in [5.41, 5.74) is 0.998. The van der Waals surface area contributed by atoms with Gasteiger partial charge in [0, 0.05) is 26.7 Å². The van der Waals surface area contributed by atoms with Gasteiger partial charge in [0.15, 0.2) is 0 Å². The molecule has 8 heteroatoms. The van der Waals surface area contributed by atoms with Gasteiger partial charge in [0.1, 0.15) is 0 Å². The van der Waals surface area contributed by atoms with Crippen LogP contribution >= 0.6 is 27.7 Å². The fourth-order valence-corrected chi connectivity index (χ4v) is 4.70. The van der Waals surface area contributed by atoms with Crippen molar-refractivity contribution in [2.24, 2.45) is 5.92 Å². The van der Waals surface area contributed by atoms with Crippen molar-refractivity contribution >= 4 is 55.0 Å². The molecule has 1 aliphatic heterocycles. The normalized spacial score (nSPS) is 17.6. The van der Waals surface area contributed by atoms with Crippen molar-refractivity contribution in [3.63, 3.8) is 0 Å². The van der Waals surface area contributed by atoms with Gasteiger partial charge in [-0.1, -0.05) is 28.9 Å². The number of carbonyl (C=O) groups excluding carboxylic acids is 1. The largest absolute Gasteiger partial charge is 0.325 e. The Morgan fingerprint density at radius 3 is 2.79 bits per heavy atom. The summed E-state index contributed by atoms with van der Waals surface area (Å²) in [4.78, 5) is 12.9. The van der Waals surface area contributed by atoms with E-state index in [1.807, 2.05) is 13.0 Å². The Labute approximate surface area is 153 Å². The van der Waals surface area contributed by atoms with Crippen LogP contribution in [0.15, 0.2) is 56.7 Å². The van der Waals surface area contributed by atoms with Crippen LogP contribution in [-0.2, 0) is 14.8 Å². The molecule has 0 radical (unpaired) electrons. The first kappa shape index (κ1) is 17.3. The number of hydrogen-bond donors (Lipinski definition) is 2. The molecule has 0 bridgehead atoms. The third kappa shape index (κ3) is 3.76. The predicted octanol–water partition coefficient (Wildman–Crippen LogP) is 3.93. The van der Waals surface area contributed by atoms with Gasteiger partial charge in [-0.15, -0.1) is 11.8 Å². The van der Waals surface area contributed by atoms with Crippen LogP contribution in [0.1, 0.15) is 6.92 Å².